The van der Waals surface area contributed by atoms with Crippen molar-refractivity contribution in [1.29, 1.82) is 0 Å². The van der Waals surface area contributed by atoms with Gasteiger partial charge >= 0.3 is 11.9 Å². The van der Waals surface area contributed by atoms with Gasteiger partial charge in [0.1, 0.15) is 13.2 Å². The minimum Gasteiger partial charge on any atom is -0.545 e. The van der Waals surface area contributed by atoms with Crippen molar-refractivity contribution in [1.82, 2.24) is 0 Å². The predicted octanol–water partition coefficient (Wildman–Crippen LogP) is 12.1. The molecule has 63 heavy (non-hydrogen) atoms. The number of hydrogen-bond donors (Lipinski definition) is 0. The van der Waals surface area contributed by atoms with E-state index in [2.05, 4.69) is 111 Å². The summed E-state index contributed by atoms with van der Waals surface area (Å²) in [5.74, 6) is -2.36. The van der Waals surface area contributed by atoms with Crippen molar-refractivity contribution in [2.24, 2.45) is 0 Å². The molecule has 0 rings (SSSR count). The van der Waals surface area contributed by atoms with Gasteiger partial charge in [0.25, 0.3) is 0 Å². The fourth-order valence-corrected chi connectivity index (χ4v) is 6.10. The van der Waals surface area contributed by atoms with E-state index in [-0.39, 0.29) is 32.7 Å². The number of carbonyl (C=O) groups is 3. The van der Waals surface area contributed by atoms with Crippen LogP contribution in [0.3, 0.4) is 0 Å². The van der Waals surface area contributed by atoms with E-state index in [0.29, 0.717) is 23.9 Å². The number of hydrogen-bond acceptors (Lipinski definition) is 8. The lowest BCUT2D eigenvalue weighted by Crippen LogP contribution is -2.44. The number of carboxylic acid groups (broad SMARTS) is 1. The van der Waals surface area contributed by atoms with Crippen LogP contribution in [-0.4, -0.2) is 82.3 Å². The maximum Gasteiger partial charge on any atom is 0.306 e. The predicted molar refractivity (Wildman–Crippen MR) is 260 cm³/mol. The molecule has 9 heteroatoms. The van der Waals surface area contributed by atoms with Crippen molar-refractivity contribution in [2.75, 3.05) is 47.5 Å². The van der Waals surface area contributed by atoms with E-state index >= 15 is 0 Å². The van der Waals surface area contributed by atoms with Crippen LogP contribution in [0.5, 0.6) is 0 Å². The number of unbranched alkanes of at least 4 members (excludes halogenated alkanes) is 12. The number of ether oxygens (including phenoxy) is 4. The van der Waals surface area contributed by atoms with Gasteiger partial charge in [0.05, 0.1) is 40.3 Å². The molecule has 0 aromatic carbocycles. The molecule has 2 unspecified atom stereocenters. The van der Waals surface area contributed by atoms with Gasteiger partial charge in [-0.2, -0.15) is 0 Å². The summed E-state index contributed by atoms with van der Waals surface area (Å²) in [6, 6.07) is 0. The Morgan fingerprint density at radius 1 is 0.476 bits per heavy atom. The van der Waals surface area contributed by atoms with Gasteiger partial charge < -0.3 is 33.3 Å². The van der Waals surface area contributed by atoms with Crippen molar-refractivity contribution < 1.29 is 42.9 Å². The average molecular weight is 880 g/mol. The topological polar surface area (TPSA) is 111 Å². The zero-order valence-corrected chi connectivity index (χ0v) is 40.4. The van der Waals surface area contributed by atoms with Gasteiger partial charge in [-0.05, 0) is 89.9 Å². The van der Waals surface area contributed by atoms with Crippen molar-refractivity contribution in [3.05, 3.63) is 97.2 Å². The van der Waals surface area contributed by atoms with Crippen LogP contribution in [0.25, 0.3) is 0 Å². The van der Waals surface area contributed by atoms with Crippen LogP contribution < -0.4 is 5.11 Å². The zero-order valence-electron chi connectivity index (χ0n) is 40.4. The third kappa shape index (κ3) is 46.0. The van der Waals surface area contributed by atoms with Crippen molar-refractivity contribution in [3.63, 3.8) is 0 Å². The maximum absolute atomic E-state index is 12.8. The number of nitrogens with zero attached hydrogens (tertiary/aromatic N) is 1. The highest BCUT2D eigenvalue weighted by atomic mass is 16.7. The summed E-state index contributed by atoms with van der Waals surface area (Å²) in [7, 11) is 5.89. The quantitative estimate of drug-likeness (QED) is 0.0196. The summed E-state index contributed by atoms with van der Waals surface area (Å²) in [4.78, 5) is 37.1. The van der Waals surface area contributed by atoms with Crippen LogP contribution in [0.15, 0.2) is 97.2 Å². The monoisotopic (exact) mass is 880 g/mol. The molecule has 0 bridgehead atoms. The largest absolute Gasteiger partial charge is 0.545 e. The van der Waals surface area contributed by atoms with Crippen molar-refractivity contribution in [2.45, 2.75) is 180 Å². The first-order valence-electron chi connectivity index (χ1n) is 24.4. The highest BCUT2D eigenvalue weighted by Crippen LogP contribution is 2.14. The van der Waals surface area contributed by atoms with Crippen LogP contribution in [0, 0.1) is 0 Å². The van der Waals surface area contributed by atoms with Gasteiger partial charge in [-0.1, -0.05) is 162 Å². The Balaban J connectivity index is 4.42. The van der Waals surface area contributed by atoms with Gasteiger partial charge in [0.2, 0.25) is 0 Å². The Morgan fingerprint density at radius 3 is 1.30 bits per heavy atom. The van der Waals surface area contributed by atoms with E-state index in [1.54, 1.807) is 0 Å². The number of carbonyl (C=O) groups excluding carboxylic acids is 3. The molecule has 358 valence electrons. The van der Waals surface area contributed by atoms with E-state index in [1.165, 1.54) is 38.5 Å². The summed E-state index contributed by atoms with van der Waals surface area (Å²) in [5.41, 5.74) is 0. The highest BCUT2D eigenvalue weighted by molar-refractivity contribution is 5.70. The number of aliphatic carboxylic acids is 1. The number of quaternary nitrogens is 1. The Morgan fingerprint density at radius 2 is 0.857 bits per heavy atom. The third-order valence-corrected chi connectivity index (χ3v) is 9.83. The normalized spacial score (nSPS) is 13.7. The average Bonchev–Trinajstić information content (AvgIpc) is 3.24. The van der Waals surface area contributed by atoms with Crippen LogP contribution in [0.2, 0.25) is 0 Å². The Kier molecular flexibility index (Phi) is 42.1. The first kappa shape index (κ1) is 59.2. The van der Waals surface area contributed by atoms with Crippen LogP contribution >= 0.6 is 0 Å². The molecule has 0 aliphatic carbocycles. The Bertz CT molecular complexity index is 1350. The molecule has 0 radical (unpaired) electrons. The van der Waals surface area contributed by atoms with Gasteiger partial charge in [0.15, 0.2) is 12.4 Å². The van der Waals surface area contributed by atoms with E-state index in [1.807, 2.05) is 21.1 Å². The second-order valence-electron chi connectivity index (χ2n) is 17.0. The fourth-order valence-electron chi connectivity index (χ4n) is 6.10. The number of likely N-dealkylation sites (N-methyl/N-ethyl adjacent to an activating group) is 1. The highest BCUT2D eigenvalue weighted by Gasteiger charge is 2.21. The molecule has 0 saturated heterocycles. The van der Waals surface area contributed by atoms with Gasteiger partial charge in [-0.3, -0.25) is 9.59 Å². The molecule has 0 aliphatic rings. The van der Waals surface area contributed by atoms with Crippen LogP contribution in [0.4, 0.5) is 0 Å². The number of esters is 2. The summed E-state index contributed by atoms with van der Waals surface area (Å²) < 4.78 is 22.5. The SMILES string of the molecule is CC/C=C\C/C=C\C/C=C\C/C=C\CCCCCCCCCCCCC(=O)OC(COC(=O)CCCC/C=C\C/C=C\C/C=C\C/C=C\CC)COC(OCC[N+](C)(C)C)C(=O)[O-]. The first-order valence-corrected chi connectivity index (χ1v) is 24.4. The van der Waals surface area contributed by atoms with Crippen molar-refractivity contribution in [3.8, 4) is 0 Å². The van der Waals surface area contributed by atoms with Crippen LogP contribution in [-0.2, 0) is 33.3 Å². The molecule has 0 aromatic rings. The maximum atomic E-state index is 12.8. The van der Waals surface area contributed by atoms with Crippen LogP contribution in [0.1, 0.15) is 168 Å². The molecule has 0 heterocycles. The minimum atomic E-state index is -1.64. The number of rotatable bonds is 43. The summed E-state index contributed by atoms with van der Waals surface area (Å²) in [6.45, 7) is 4.44. The first-order chi connectivity index (χ1) is 30.6. The number of carboxylic acids is 1. The molecule has 2 atom stereocenters. The minimum absolute atomic E-state index is 0.135. The standard InChI is InChI=1S/C54H89NO8/c1-6-8-10-12-14-16-18-20-22-23-24-25-26-27-28-29-31-33-35-37-39-41-43-45-52(57)63-50(49-62-54(53(58)59)60-47-46-55(3,4)5)48-61-51(56)44-42-40-38-36-34-32-30-21-19-17-15-13-11-9-7-2/h8-11,14-17,20-22,24-25,30,34,36,50,54H,6-7,12-13,18-19,23,26-29,31-33,35,37-49H2,1-5H3/b10-8-,11-9-,16-14-,17-15-,22-20-,25-24-,30-21-,36-34-. The smallest absolute Gasteiger partial charge is 0.306 e. The molecule has 0 fully saturated rings. The van der Waals surface area contributed by atoms with E-state index in [0.717, 1.165) is 89.9 Å². The van der Waals surface area contributed by atoms with Gasteiger partial charge in [-0.25, -0.2) is 0 Å². The lowest BCUT2D eigenvalue weighted by Gasteiger charge is -2.26. The molecule has 0 saturated carbocycles. The molecular weight excluding hydrogens is 791 g/mol. The summed E-state index contributed by atoms with van der Waals surface area (Å²) in [6.07, 6.45) is 55.9. The molecule has 0 aliphatic heterocycles. The molecule has 0 N–H and O–H groups in total. The molecule has 0 amide bonds. The lowest BCUT2D eigenvalue weighted by atomic mass is 10.0. The zero-order chi connectivity index (χ0) is 46.3. The second-order valence-corrected chi connectivity index (χ2v) is 17.0. The third-order valence-electron chi connectivity index (χ3n) is 9.83. The van der Waals surface area contributed by atoms with Gasteiger partial charge in [0, 0.05) is 12.8 Å². The number of allylic oxidation sites excluding steroid dienone is 16. The fraction of sp³-hybridized carbons (Fsp3) is 0.648. The molecule has 9 nitrogen and oxygen atoms in total. The van der Waals surface area contributed by atoms with Crippen molar-refractivity contribution >= 4 is 17.9 Å². The lowest BCUT2D eigenvalue weighted by molar-refractivity contribution is -0.870. The van der Waals surface area contributed by atoms with E-state index in [9.17, 15) is 19.5 Å². The molecular formula is C54H89NO8. The van der Waals surface area contributed by atoms with E-state index in [4.69, 9.17) is 18.9 Å². The molecule has 0 aromatic heterocycles. The second kappa shape index (κ2) is 44.8. The molecule has 0 spiro atoms. The summed E-state index contributed by atoms with van der Waals surface area (Å²) in [5, 5.41) is 11.7. The van der Waals surface area contributed by atoms with E-state index < -0.39 is 30.3 Å². The van der Waals surface area contributed by atoms with Gasteiger partial charge in [-0.15, -0.1) is 0 Å². The Labute approximate surface area is 384 Å². The summed E-state index contributed by atoms with van der Waals surface area (Å²) >= 11 is 0. The Hall–Kier alpha value is -3.79.